The second-order valence-corrected chi connectivity index (χ2v) is 17.3. The quantitative estimate of drug-likeness (QED) is 0.0720. The second-order valence-electron chi connectivity index (χ2n) is 16.4. The summed E-state index contributed by atoms with van der Waals surface area (Å²) in [5.41, 5.74) is 29.3. The van der Waals surface area contributed by atoms with Crippen LogP contribution >= 0.6 is 15.9 Å². The molecule has 25 nitrogen and oxygen atoms in total. The Morgan fingerprint density at radius 2 is 1.01 bits per heavy atom. The number of rotatable bonds is 11. The predicted molar refractivity (Wildman–Crippen MR) is 302 cm³/mol. The molecule has 422 valence electrons. The van der Waals surface area contributed by atoms with Crippen LogP contribution in [0, 0.1) is 0 Å². The predicted octanol–water partition coefficient (Wildman–Crippen LogP) is 3.47. The molecule has 1 aliphatic carbocycles. The number of carbonyl (C=O) groups excluding carboxylic acids is 3. The van der Waals surface area contributed by atoms with Gasteiger partial charge in [-0.15, -0.1) is 0 Å². The summed E-state index contributed by atoms with van der Waals surface area (Å²) in [7, 11) is 9.04. The number of methoxy groups -OCH3 is 2. The van der Waals surface area contributed by atoms with Crippen molar-refractivity contribution in [3.05, 3.63) is 149 Å². The van der Waals surface area contributed by atoms with Crippen LogP contribution in [0.4, 0.5) is 23.3 Å². The first-order valence-corrected chi connectivity index (χ1v) is 23.7. The molecule has 12 N–H and O–H groups in total. The molecule has 9 rings (SSSR count). The number of nitrogens with one attached hydrogen (secondary N) is 1. The maximum Gasteiger partial charge on any atom is 1.00 e. The molecule has 0 spiro atoms. The number of carbonyl (C=O) groups is 4. The van der Waals surface area contributed by atoms with E-state index in [1.54, 1.807) is 76.5 Å². The van der Waals surface area contributed by atoms with Crippen molar-refractivity contribution < 1.29 is 78.6 Å². The first-order valence-electron chi connectivity index (χ1n) is 22.9. The number of nitrogens with zero attached hydrogens (tertiary/aromatic N) is 10. The number of pyridine rings is 4. The van der Waals surface area contributed by atoms with E-state index in [2.05, 4.69) is 66.0 Å². The zero-order valence-electron chi connectivity index (χ0n) is 43.8. The van der Waals surface area contributed by atoms with E-state index < -0.39 is 17.9 Å². The number of aromatic nitrogens is 10. The number of aliphatic hydroxyl groups excluding tert-OH is 1. The van der Waals surface area contributed by atoms with E-state index in [4.69, 9.17) is 37.9 Å². The van der Waals surface area contributed by atoms with E-state index in [1.165, 1.54) is 32.7 Å². The van der Waals surface area contributed by atoms with Crippen molar-refractivity contribution >= 4 is 63.0 Å². The van der Waals surface area contributed by atoms with E-state index in [1.807, 2.05) is 56.8 Å². The van der Waals surface area contributed by atoms with Crippen molar-refractivity contribution in [2.75, 3.05) is 44.3 Å². The van der Waals surface area contributed by atoms with E-state index in [-0.39, 0.29) is 108 Å². The van der Waals surface area contributed by atoms with Gasteiger partial charge in [-0.25, -0.2) is 34.3 Å². The standard InChI is InChI=1S/C22H25N5O2.C11H12N4O2.C10H10N4O2.C7H7BrN2O2.CH4O.2CH4.Na.H2O/c1-27-13-17(12-25-27)16-10-18(21(23)24-11-16)22(28)26-19-8-5-9-20(19)29-14-15-6-3-2-4-7-15;1-15-6-8(5-14-15)7-3-9(11(16)17-2)10(12)13-4-7;1-14-5-7(4-13-14)6-2-8(10(15)16)9(11)12-3-6;1-12-7(11)5-2-4(8)3-10-6(5)9;1-2;;;;/h2-4,6-7,10-13,19-20H,5,8-9,14H2,1H3,(H2,23,24)(H,26,28);3-6H,1-2H3,(H2,12,13);2-5H,1H3,(H2,11,12)(H,15,16);2-3H,1H3,(H2,9,10);2H,1H3;2*1H4;;1H2/q;;;;;;;+1;/p-1/t19-,20-;;;;;;;;/m0......../s1. The minimum absolute atomic E-state index is 0. The number of nitrogen functional groups attached to an aromatic ring is 4. The van der Waals surface area contributed by atoms with E-state index in [9.17, 15) is 19.2 Å². The Morgan fingerprint density at radius 1 is 0.613 bits per heavy atom. The molecule has 1 fully saturated rings. The van der Waals surface area contributed by atoms with Gasteiger partial charge in [-0.1, -0.05) is 45.2 Å². The van der Waals surface area contributed by atoms with Gasteiger partial charge >= 0.3 is 47.5 Å². The van der Waals surface area contributed by atoms with Gasteiger partial charge in [0, 0.05) is 109 Å². The number of aromatic carboxylic acids is 1. The molecule has 80 heavy (non-hydrogen) atoms. The molecule has 2 atom stereocenters. The van der Waals surface area contributed by atoms with Crippen LogP contribution in [0.5, 0.6) is 0 Å². The maximum atomic E-state index is 12.9. The summed E-state index contributed by atoms with van der Waals surface area (Å²) in [6.45, 7) is 0.540. The largest absolute Gasteiger partial charge is 1.00 e. The summed E-state index contributed by atoms with van der Waals surface area (Å²) in [5.74, 6) is -1.73. The molecule has 7 heterocycles. The normalized spacial score (nSPS) is 12.5. The molecular weight excluding hydrogens is 1110 g/mol. The van der Waals surface area contributed by atoms with Crippen LogP contribution in [-0.4, -0.2) is 122 Å². The van der Waals surface area contributed by atoms with Crippen molar-refractivity contribution in [1.29, 1.82) is 0 Å². The Labute approximate surface area is 493 Å². The maximum absolute atomic E-state index is 12.9. The molecule has 7 aromatic heterocycles. The number of anilines is 4. The Balaban J connectivity index is 0.000000547. The molecule has 8 aromatic rings. The summed E-state index contributed by atoms with van der Waals surface area (Å²) in [6.07, 6.45) is 19.7. The fraction of sp³-hybridized carbons (Fsp3) is 0.264. The molecular formula is C53H67BrN15NaO10. The van der Waals surface area contributed by atoms with E-state index in [0.29, 0.717) is 22.2 Å². The van der Waals surface area contributed by atoms with Gasteiger partial charge in [0.1, 0.15) is 40.0 Å². The van der Waals surface area contributed by atoms with Crippen LogP contribution in [0.25, 0.3) is 33.4 Å². The number of carboxylic acid groups (broad SMARTS) is 1. The third-order valence-corrected chi connectivity index (χ3v) is 11.6. The minimum atomic E-state index is -1.09. The average molecular weight is 1180 g/mol. The van der Waals surface area contributed by atoms with Crippen LogP contribution in [0.1, 0.15) is 81.1 Å². The van der Waals surface area contributed by atoms with Crippen molar-refractivity contribution in [3.8, 4) is 33.4 Å². The van der Waals surface area contributed by atoms with Gasteiger partial charge in [0.15, 0.2) is 0 Å². The number of nitrogens with two attached hydrogens (primary N) is 4. The molecule has 1 aromatic carbocycles. The number of aliphatic hydroxyl groups is 1. The average Bonchev–Trinajstić information content (AvgIpc) is 4.27. The zero-order chi connectivity index (χ0) is 55.5. The first kappa shape index (κ1) is 69.9. The molecule has 27 heteroatoms. The second kappa shape index (κ2) is 34.0. The Morgan fingerprint density at radius 3 is 1.44 bits per heavy atom. The van der Waals surface area contributed by atoms with Crippen molar-refractivity contribution in [3.63, 3.8) is 0 Å². The van der Waals surface area contributed by atoms with Gasteiger partial charge in [-0.2, -0.15) is 15.3 Å². The van der Waals surface area contributed by atoms with Gasteiger partial charge < -0.3 is 58.2 Å². The van der Waals surface area contributed by atoms with Crippen LogP contribution in [-0.2, 0) is 42.0 Å². The molecule has 0 unspecified atom stereocenters. The van der Waals surface area contributed by atoms with Gasteiger partial charge in [0.2, 0.25) is 0 Å². The number of hydrogen-bond acceptors (Lipinski definition) is 20. The van der Waals surface area contributed by atoms with Crippen LogP contribution < -0.4 is 57.8 Å². The van der Waals surface area contributed by atoms with Gasteiger partial charge in [-0.3, -0.25) is 18.8 Å². The number of amides is 1. The van der Waals surface area contributed by atoms with Gasteiger partial charge in [0.05, 0.1) is 57.1 Å². The number of halogens is 1. The number of aryl methyl sites for hydroxylation is 3. The fourth-order valence-electron chi connectivity index (χ4n) is 7.27. The number of benzene rings is 1. The van der Waals surface area contributed by atoms with Crippen LogP contribution in [0.2, 0.25) is 0 Å². The first-order chi connectivity index (χ1) is 36.4. The molecule has 0 radical (unpaired) electrons. The minimum Gasteiger partial charge on any atom is -0.870 e. The van der Waals surface area contributed by atoms with E-state index >= 15 is 0 Å². The molecule has 1 aliphatic rings. The molecule has 1 saturated carbocycles. The Kier molecular flexibility index (Phi) is 29.7. The van der Waals surface area contributed by atoms with Gasteiger partial charge in [0.25, 0.3) is 5.91 Å². The number of ether oxygens (including phenoxy) is 3. The van der Waals surface area contributed by atoms with Crippen LogP contribution in [0.3, 0.4) is 0 Å². The zero-order valence-corrected chi connectivity index (χ0v) is 47.4. The van der Waals surface area contributed by atoms with Gasteiger partial charge in [-0.05, 0) is 65.0 Å². The number of esters is 2. The van der Waals surface area contributed by atoms with Crippen molar-refractivity contribution in [2.45, 2.75) is 52.9 Å². The number of hydrogen-bond donors (Lipinski definition) is 7. The third kappa shape index (κ3) is 19.7. The fourth-order valence-corrected chi connectivity index (χ4v) is 7.61. The van der Waals surface area contributed by atoms with Crippen molar-refractivity contribution in [1.82, 2.24) is 54.6 Å². The molecule has 0 aliphatic heterocycles. The molecule has 1 amide bonds. The topological polar surface area (TPSA) is 388 Å². The summed E-state index contributed by atoms with van der Waals surface area (Å²) >= 11 is 3.17. The number of carboxylic acids is 1. The molecule has 0 bridgehead atoms. The summed E-state index contributed by atoms with van der Waals surface area (Å²) in [5, 5.41) is 31.2. The summed E-state index contributed by atoms with van der Waals surface area (Å²) in [4.78, 5) is 62.1. The summed E-state index contributed by atoms with van der Waals surface area (Å²) in [6, 6.07) is 16.5. The van der Waals surface area contributed by atoms with Crippen molar-refractivity contribution in [2.24, 2.45) is 21.1 Å². The smallest absolute Gasteiger partial charge is 0.870 e. The van der Waals surface area contributed by atoms with E-state index in [0.717, 1.165) is 59.8 Å². The Bertz CT molecular complexity index is 3250. The summed E-state index contributed by atoms with van der Waals surface area (Å²) < 4.78 is 20.9. The SMILES string of the molecule is C.C.CO.COC(=O)c1cc(-c2cnn(C)c2)cnc1N.COC(=O)c1cc(Br)cnc1N.Cn1cc(-c2cnc(N)c(C(=O)N[C@H]3CCC[C@@H]3OCc3ccccc3)c2)cn1.Cn1cc(-c2cnc(N)c(C(=O)O)c2)cn1.[Na+].[OH-]. The molecule has 0 saturated heterocycles. The monoisotopic (exact) mass is 1180 g/mol. The Hall–Kier alpha value is -8.11. The van der Waals surface area contributed by atoms with Crippen LogP contribution in [0.15, 0.2) is 121 Å². The third-order valence-electron chi connectivity index (χ3n) is 11.1.